The highest BCUT2D eigenvalue weighted by molar-refractivity contribution is 9.10. The van der Waals surface area contributed by atoms with Gasteiger partial charge in [0.25, 0.3) is 0 Å². The number of hydrogen-bond acceptors (Lipinski definition) is 5. The summed E-state index contributed by atoms with van der Waals surface area (Å²) in [5.41, 5.74) is 3.09. The second-order valence-corrected chi connectivity index (χ2v) is 9.54. The Bertz CT molecular complexity index is 1150. The van der Waals surface area contributed by atoms with Crippen LogP contribution >= 0.6 is 15.9 Å². The third-order valence-corrected chi connectivity index (χ3v) is 6.80. The number of nitrogens with zero attached hydrogens (tertiary/aromatic N) is 3. The minimum atomic E-state index is -0.202. The Morgan fingerprint density at radius 2 is 1.89 bits per heavy atom. The number of aromatic nitrogens is 2. The number of carbonyl (C=O) groups is 2. The summed E-state index contributed by atoms with van der Waals surface area (Å²) >= 11 is 3.47. The van der Waals surface area contributed by atoms with Crippen LogP contribution in [0.2, 0.25) is 0 Å². The number of likely N-dealkylation sites (tertiary alicyclic amines) is 1. The normalized spacial score (nSPS) is 17.7. The zero-order valence-corrected chi connectivity index (χ0v) is 21.5. The van der Waals surface area contributed by atoms with Crippen molar-refractivity contribution in [3.63, 3.8) is 0 Å². The van der Waals surface area contributed by atoms with Crippen molar-refractivity contribution in [1.82, 2.24) is 25.3 Å². The number of piperidine rings is 1. The highest BCUT2D eigenvalue weighted by atomic mass is 79.9. The molecule has 2 heterocycles. The standard InChI is InChI=1S/C26H30BrN5O3/c1-18(33)28-15-25(34)31-13-12-24(23(17-31)19-6-4-3-5-7-19)29-14-20-16-32(30-26(20)35-2)22-10-8-21(27)9-11-22/h3-11,16,23-24,29H,12-15,17H2,1-2H3,(H,28,33)/t23-,24-/m0/s1. The van der Waals surface area contributed by atoms with Gasteiger partial charge in [0.05, 0.1) is 19.3 Å². The molecule has 4 rings (SSSR count). The monoisotopic (exact) mass is 539 g/mol. The van der Waals surface area contributed by atoms with Crippen LogP contribution in [0.25, 0.3) is 5.69 Å². The van der Waals surface area contributed by atoms with Crippen molar-refractivity contribution in [3.8, 4) is 11.6 Å². The first-order valence-electron chi connectivity index (χ1n) is 11.6. The van der Waals surface area contributed by atoms with Crippen LogP contribution in [0, 0.1) is 0 Å². The van der Waals surface area contributed by atoms with Gasteiger partial charge in [-0.15, -0.1) is 5.10 Å². The Labute approximate surface area is 213 Å². The van der Waals surface area contributed by atoms with Gasteiger partial charge >= 0.3 is 0 Å². The van der Waals surface area contributed by atoms with Crippen molar-refractivity contribution in [2.75, 3.05) is 26.7 Å². The first-order valence-corrected chi connectivity index (χ1v) is 12.4. The average molecular weight is 540 g/mol. The number of nitrogens with one attached hydrogen (secondary N) is 2. The Hall–Kier alpha value is -3.17. The highest BCUT2D eigenvalue weighted by Crippen LogP contribution is 2.29. The predicted octanol–water partition coefficient (Wildman–Crippen LogP) is 3.25. The molecule has 2 amide bonds. The highest BCUT2D eigenvalue weighted by Gasteiger charge is 2.32. The van der Waals surface area contributed by atoms with Crippen molar-refractivity contribution in [1.29, 1.82) is 0 Å². The third-order valence-electron chi connectivity index (χ3n) is 6.27. The molecule has 0 radical (unpaired) electrons. The smallest absolute Gasteiger partial charge is 0.241 e. The summed E-state index contributed by atoms with van der Waals surface area (Å²) in [5.74, 6) is 0.447. The van der Waals surface area contributed by atoms with Gasteiger partial charge in [-0.3, -0.25) is 9.59 Å². The van der Waals surface area contributed by atoms with Crippen LogP contribution in [-0.2, 0) is 16.1 Å². The van der Waals surface area contributed by atoms with Crippen LogP contribution < -0.4 is 15.4 Å². The fourth-order valence-electron chi connectivity index (χ4n) is 4.43. The molecule has 2 N–H and O–H groups in total. The number of rotatable bonds is 8. The lowest BCUT2D eigenvalue weighted by atomic mass is 9.85. The molecule has 9 heteroatoms. The molecule has 1 aromatic heterocycles. The Balaban J connectivity index is 1.48. The molecule has 1 saturated heterocycles. The van der Waals surface area contributed by atoms with E-state index in [1.165, 1.54) is 12.5 Å². The minimum Gasteiger partial charge on any atom is -0.480 e. The molecule has 35 heavy (non-hydrogen) atoms. The van der Waals surface area contributed by atoms with Crippen LogP contribution in [0.4, 0.5) is 0 Å². The van der Waals surface area contributed by atoms with Crippen molar-refractivity contribution in [3.05, 3.63) is 76.4 Å². The van der Waals surface area contributed by atoms with E-state index in [9.17, 15) is 9.59 Å². The number of halogens is 1. The van der Waals surface area contributed by atoms with E-state index >= 15 is 0 Å². The molecular weight excluding hydrogens is 510 g/mol. The van der Waals surface area contributed by atoms with Crippen molar-refractivity contribution >= 4 is 27.7 Å². The molecule has 1 aliphatic heterocycles. The molecule has 0 unspecified atom stereocenters. The van der Waals surface area contributed by atoms with Crippen LogP contribution in [0.1, 0.15) is 30.4 Å². The van der Waals surface area contributed by atoms with Crippen LogP contribution in [-0.4, -0.2) is 59.3 Å². The topological polar surface area (TPSA) is 88.5 Å². The zero-order valence-electron chi connectivity index (χ0n) is 19.9. The van der Waals surface area contributed by atoms with E-state index < -0.39 is 0 Å². The lowest BCUT2D eigenvalue weighted by Crippen LogP contribution is -2.51. The lowest BCUT2D eigenvalue weighted by Gasteiger charge is -2.39. The lowest BCUT2D eigenvalue weighted by molar-refractivity contribution is -0.133. The number of ether oxygens (including phenoxy) is 1. The van der Waals surface area contributed by atoms with Crippen molar-refractivity contribution < 1.29 is 14.3 Å². The first kappa shape index (κ1) is 24.9. The van der Waals surface area contributed by atoms with E-state index in [4.69, 9.17) is 4.74 Å². The first-order chi connectivity index (χ1) is 16.9. The molecule has 0 aliphatic carbocycles. The Morgan fingerprint density at radius 3 is 2.57 bits per heavy atom. The largest absolute Gasteiger partial charge is 0.480 e. The van der Waals surface area contributed by atoms with E-state index in [1.807, 2.05) is 58.2 Å². The fraction of sp³-hybridized carbons (Fsp3) is 0.346. The number of hydrogen-bond donors (Lipinski definition) is 2. The average Bonchev–Trinajstić information content (AvgIpc) is 3.30. The van der Waals surface area contributed by atoms with Gasteiger partial charge < -0.3 is 20.3 Å². The summed E-state index contributed by atoms with van der Waals surface area (Å²) in [7, 11) is 1.63. The maximum atomic E-state index is 12.7. The second kappa shape index (κ2) is 11.5. The molecule has 0 saturated carbocycles. The Kier molecular flexibility index (Phi) is 8.20. The second-order valence-electron chi connectivity index (χ2n) is 8.63. The van der Waals surface area contributed by atoms with Crippen molar-refractivity contribution in [2.24, 2.45) is 0 Å². The summed E-state index contributed by atoms with van der Waals surface area (Å²) in [6, 6.07) is 18.4. The molecule has 1 aliphatic rings. The zero-order chi connectivity index (χ0) is 24.8. The van der Waals surface area contributed by atoms with E-state index in [0.717, 1.165) is 22.1 Å². The number of methoxy groups -OCH3 is 1. The SMILES string of the molecule is COc1nn(-c2ccc(Br)cc2)cc1CN[C@H]1CCN(C(=O)CNC(C)=O)C[C@H]1c1ccccc1. The molecule has 8 nitrogen and oxygen atoms in total. The van der Waals surface area contributed by atoms with Crippen LogP contribution in [0.15, 0.2) is 65.3 Å². The Morgan fingerprint density at radius 1 is 1.14 bits per heavy atom. The van der Waals surface area contributed by atoms with Gasteiger partial charge in [0.2, 0.25) is 17.7 Å². The molecule has 2 aromatic carbocycles. The minimum absolute atomic E-state index is 0.0291. The van der Waals surface area contributed by atoms with Gasteiger partial charge in [0.1, 0.15) is 0 Å². The molecule has 184 valence electrons. The molecule has 0 bridgehead atoms. The van der Waals surface area contributed by atoms with Gasteiger partial charge in [-0.2, -0.15) is 0 Å². The van der Waals surface area contributed by atoms with Crippen molar-refractivity contribution in [2.45, 2.75) is 31.8 Å². The maximum Gasteiger partial charge on any atom is 0.241 e. The molecule has 1 fully saturated rings. The van der Waals surface area contributed by atoms with E-state index in [-0.39, 0.29) is 30.3 Å². The van der Waals surface area contributed by atoms with E-state index in [2.05, 4.69) is 43.8 Å². The van der Waals surface area contributed by atoms with Gasteiger partial charge in [-0.25, -0.2) is 4.68 Å². The third kappa shape index (κ3) is 6.29. The summed E-state index contributed by atoms with van der Waals surface area (Å²) in [4.78, 5) is 25.8. The van der Waals surface area contributed by atoms with E-state index in [0.29, 0.717) is 25.5 Å². The summed E-state index contributed by atoms with van der Waals surface area (Å²) in [6.07, 6.45) is 2.78. The van der Waals surface area contributed by atoms with Gasteiger partial charge in [0, 0.05) is 54.8 Å². The van der Waals surface area contributed by atoms with Crippen LogP contribution in [0.5, 0.6) is 5.88 Å². The molecule has 3 aromatic rings. The van der Waals surface area contributed by atoms with Gasteiger partial charge in [0.15, 0.2) is 0 Å². The summed E-state index contributed by atoms with van der Waals surface area (Å²) < 4.78 is 8.38. The van der Waals surface area contributed by atoms with Gasteiger partial charge in [-0.05, 0) is 36.2 Å². The molecular formula is C26H30BrN5O3. The van der Waals surface area contributed by atoms with Gasteiger partial charge in [-0.1, -0.05) is 46.3 Å². The number of benzene rings is 2. The predicted molar refractivity (Wildman–Crippen MR) is 138 cm³/mol. The fourth-order valence-corrected chi connectivity index (χ4v) is 4.69. The number of carbonyl (C=O) groups excluding carboxylic acids is 2. The maximum absolute atomic E-state index is 12.7. The quantitative estimate of drug-likeness (QED) is 0.458. The van der Waals surface area contributed by atoms with Crippen LogP contribution in [0.3, 0.4) is 0 Å². The summed E-state index contributed by atoms with van der Waals surface area (Å²) in [6.45, 7) is 3.27. The molecule has 0 spiro atoms. The summed E-state index contributed by atoms with van der Waals surface area (Å²) in [5, 5.41) is 10.9. The van der Waals surface area contributed by atoms with E-state index in [1.54, 1.807) is 7.11 Å². The number of amides is 2. The molecule has 2 atom stereocenters.